The summed E-state index contributed by atoms with van der Waals surface area (Å²) >= 11 is 0. The maximum atomic E-state index is 4.29. The average molecular weight is 190 g/mol. The highest BCUT2D eigenvalue weighted by atomic mass is 14.9. The van der Waals surface area contributed by atoms with Crippen molar-refractivity contribution in [1.29, 1.82) is 0 Å². The van der Waals surface area contributed by atoms with Crippen LogP contribution in [0.4, 0.5) is 0 Å². The third-order valence-electron chi connectivity index (χ3n) is 2.94. The Morgan fingerprint density at radius 1 is 1.36 bits per heavy atom. The van der Waals surface area contributed by atoms with Gasteiger partial charge in [-0.1, -0.05) is 12.5 Å². The van der Waals surface area contributed by atoms with Crippen molar-refractivity contribution in [2.24, 2.45) is 5.92 Å². The van der Waals surface area contributed by atoms with Crippen LogP contribution in [-0.4, -0.2) is 18.1 Å². The highest BCUT2D eigenvalue weighted by Gasteiger charge is 2.15. The third-order valence-corrected chi connectivity index (χ3v) is 2.94. The van der Waals surface area contributed by atoms with Gasteiger partial charge in [0.1, 0.15) is 0 Å². The predicted octanol–water partition coefficient (Wildman–Crippen LogP) is 2.01. The highest BCUT2D eigenvalue weighted by Crippen LogP contribution is 2.24. The molecule has 0 spiro atoms. The first-order chi connectivity index (χ1) is 6.95. The van der Waals surface area contributed by atoms with Crippen LogP contribution < -0.4 is 5.32 Å². The molecule has 0 amide bonds. The minimum atomic E-state index is 0.957. The van der Waals surface area contributed by atoms with Gasteiger partial charge in [0.25, 0.3) is 0 Å². The Labute approximate surface area is 85.7 Å². The Kier molecular flexibility index (Phi) is 3.52. The standard InChI is InChI=1S/C12H18N2/c1-2-8-14-12(6-1)7-9-13-10-11-4-3-5-11/h1-2,6,8,11,13H,3-5,7,9-10H2. The van der Waals surface area contributed by atoms with Crippen LogP contribution in [0.25, 0.3) is 0 Å². The van der Waals surface area contributed by atoms with Crippen molar-refractivity contribution in [3.05, 3.63) is 30.1 Å². The van der Waals surface area contributed by atoms with Crippen molar-refractivity contribution in [3.8, 4) is 0 Å². The molecular weight excluding hydrogens is 172 g/mol. The van der Waals surface area contributed by atoms with E-state index in [-0.39, 0.29) is 0 Å². The third kappa shape index (κ3) is 2.81. The maximum Gasteiger partial charge on any atom is 0.0416 e. The molecule has 2 nitrogen and oxygen atoms in total. The molecule has 1 aromatic rings. The molecule has 0 aliphatic heterocycles. The number of hydrogen-bond acceptors (Lipinski definition) is 2. The zero-order chi connectivity index (χ0) is 9.64. The van der Waals surface area contributed by atoms with Crippen molar-refractivity contribution in [2.45, 2.75) is 25.7 Å². The zero-order valence-corrected chi connectivity index (χ0v) is 8.58. The molecule has 0 saturated heterocycles. The Morgan fingerprint density at radius 3 is 2.93 bits per heavy atom. The molecule has 14 heavy (non-hydrogen) atoms. The van der Waals surface area contributed by atoms with Gasteiger partial charge >= 0.3 is 0 Å². The summed E-state index contributed by atoms with van der Waals surface area (Å²) in [7, 11) is 0. The lowest BCUT2D eigenvalue weighted by molar-refractivity contribution is 0.302. The van der Waals surface area contributed by atoms with E-state index in [1.54, 1.807) is 0 Å². The molecule has 0 unspecified atom stereocenters. The number of pyridine rings is 1. The Morgan fingerprint density at radius 2 is 2.29 bits per heavy atom. The molecule has 2 heteroatoms. The summed E-state index contributed by atoms with van der Waals surface area (Å²) in [5, 5.41) is 3.50. The Hall–Kier alpha value is -0.890. The molecule has 0 atom stereocenters. The second-order valence-corrected chi connectivity index (χ2v) is 4.07. The van der Waals surface area contributed by atoms with Crippen LogP contribution in [0.2, 0.25) is 0 Å². The van der Waals surface area contributed by atoms with Gasteiger partial charge in [0.15, 0.2) is 0 Å². The van der Waals surface area contributed by atoms with E-state index in [9.17, 15) is 0 Å². The summed E-state index contributed by atoms with van der Waals surface area (Å²) < 4.78 is 0. The Balaban J connectivity index is 1.58. The number of aromatic nitrogens is 1. The molecule has 1 saturated carbocycles. The van der Waals surface area contributed by atoms with E-state index in [0.29, 0.717) is 0 Å². The highest BCUT2D eigenvalue weighted by molar-refractivity contribution is 5.03. The van der Waals surface area contributed by atoms with Crippen LogP contribution in [0.1, 0.15) is 25.0 Å². The monoisotopic (exact) mass is 190 g/mol. The van der Waals surface area contributed by atoms with Crippen LogP contribution in [0.5, 0.6) is 0 Å². The SMILES string of the molecule is c1ccc(CCNCC2CCC2)nc1. The number of nitrogens with one attached hydrogen (secondary N) is 1. The fraction of sp³-hybridized carbons (Fsp3) is 0.583. The molecule has 1 N–H and O–H groups in total. The van der Waals surface area contributed by atoms with Gasteiger partial charge in [0.2, 0.25) is 0 Å². The van der Waals surface area contributed by atoms with E-state index in [1.165, 1.54) is 31.5 Å². The molecule has 1 aliphatic rings. The lowest BCUT2D eigenvalue weighted by Crippen LogP contribution is -2.28. The summed E-state index contributed by atoms with van der Waals surface area (Å²) in [5.74, 6) is 0.957. The van der Waals surface area contributed by atoms with Crippen LogP contribution in [0.15, 0.2) is 24.4 Å². The molecule has 1 fully saturated rings. The number of hydrogen-bond donors (Lipinski definition) is 1. The smallest absolute Gasteiger partial charge is 0.0416 e. The minimum absolute atomic E-state index is 0.957. The minimum Gasteiger partial charge on any atom is -0.316 e. The first kappa shape index (κ1) is 9.66. The maximum absolute atomic E-state index is 4.29. The van der Waals surface area contributed by atoms with E-state index in [4.69, 9.17) is 0 Å². The molecule has 0 radical (unpaired) electrons. The summed E-state index contributed by atoms with van der Waals surface area (Å²) in [6, 6.07) is 6.10. The topological polar surface area (TPSA) is 24.9 Å². The fourth-order valence-corrected chi connectivity index (χ4v) is 1.77. The van der Waals surface area contributed by atoms with Gasteiger partial charge in [-0.2, -0.15) is 0 Å². The quantitative estimate of drug-likeness (QED) is 0.718. The lowest BCUT2D eigenvalue weighted by atomic mass is 9.85. The molecule has 1 aliphatic carbocycles. The summed E-state index contributed by atoms with van der Waals surface area (Å²) in [4.78, 5) is 4.29. The second-order valence-electron chi connectivity index (χ2n) is 4.07. The van der Waals surface area contributed by atoms with Crippen LogP contribution in [0.3, 0.4) is 0 Å². The van der Waals surface area contributed by atoms with E-state index in [1.807, 2.05) is 18.3 Å². The summed E-state index contributed by atoms with van der Waals surface area (Å²) in [6.07, 6.45) is 7.20. The zero-order valence-electron chi connectivity index (χ0n) is 8.58. The molecule has 0 aromatic carbocycles. The molecule has 0 bridgehead atoms. The molecule has 1 heterocycles. The largest absolute Gasteiger partial charge is 0.316 e. The van der Waals surface area contributed by atoms with Gasteiger partial charge < -0.3 is 5.32 Å². The molecule has 76 valence electrons. The first-order valence-electron chi connectivity index (χ1n) is 5.56. The molecule has 2 rings (SSSR count). The summed E-state index contributed by atoms with van der Waals surface area (Å²) in [5.41, 5.74) is 1.19. The van der Waals surface area contributed by atoms with Crippen molar-refractivity contribution >= 4 is 0 Å². The lowest BCUT2D eigenvalue weighted by Gasteiger charge is -2.25. The van der Waals surface area contributed by atoms with Gasteiger partial charge in [-0.25, -0.2) is 0 Å². The molecule has 1 aromatic heterocycles. The van der Waals surface area contributed by atoms with Gasteiger partial charge in [-0.15, -0.1) is 0 Å². The first-order valence-corrected chi connectivity index (χ1v) is 5.56. The van der Waals surface area contributed by atoms with Crippen LogP contribution >= 0.6 is 0 Å². The van der Waals surface area contributed by atoms with Gasteiger partial charge in [-0.05, 0) is 37.4 Å². The van der Waals surface area contributed by atoms with Crippen LogP contribution in [0, 0.1) is 5.92 Å². The number of nitrogens with zero attached hydrogens (tertiary/aromatic N) is 1. The summed E-state index contributed by atoms with van der Waals surface area (Å²) in [6.45, 7) is 2.26. The average Bonchev–Trinajstić information content (AvgIpc) is 2.16. The van der Waals surface area contributed by atoms with E-state index >= 15 is 0 Å². The van der Waals surface area contributed by atoms with Gasteiger partial charge in [0, 0.05) is 24.9 Å². The van der Waals surface area contributed by atoms with E-state index in [0.717, 1.165) is 18.9 Å². The van der Waals surface area contributed by atoms with Gasteiger partial charge in [-0.3, -0.25) is 4.98 Å². The van der Waals surface area contributed by atoms with E-state index in [2.05, 4.69) is 16.4 Å². The fourth-order valence-electron chi connectivity index (χ4n) is 1.77. The van der Waals surface area contributed by atoms with Crippen molar-refractivity contribution in [1.82, 2.24) is 10.3 Å². The molecular formula is C12H18N2. The predicted molar refractivity (Wildman–Crippen MR) is 58.2 cm³/mol. The number of rotatable bonds is 5. The van der Waals surface area contributed by atoms with Crippen molar-refractivity contribution in [3.63, 3.8) is 0 Å². The van der Waals surface area contributed by atoms with E-state index < -0.39 is 0 Å². The van der Waals surface area contributed by atoms with Crippen molar-refractivity contribution < 1.29 is 0 Å². The van der Waals surface area contributed by atoms with Gasteiger partial charge in [0.05, 0.1) is 0 Å². The normalized spacial score (nSPS) is 16.6. The van der Waals surface area contributed by atoms with Crippen LogP contribution in [-0.2, 0) is 6.42 Å². The Bertz CT molecular complexity index is 254. The van der Waals surface area contributed by atoms with Crippen molar-refractivity contribution in [2.75, 3.05) is 13.1 Å². The second kappa shape index (κ2) is 5.11.